The quantitative estimate of drug-likeness (QED) is 0.816. The standard InChI is InChI=1S/C16H15N2O/c1-3-13-9-7-8-12-15(13)18(2)16(19)17-14-10-5-4-6-11-14/h3-12H,1H2,2H3. The van der Waals surface area contributed by atoms with Gasteiger partial charge in [0.2, 0.25) is 0 Å². The van der Waals surface area contributed by atoms with Crippen LogP contribution >= 0.6 is 0 Å². The van der Waals surface area contributed by atoms with Crippen LogP contribution in [0.2, 0.25) is 0 Å². The second kappa shape index (κ2) is 5.87. The zero-order valence-corrected chi connectivity index (χ0v) is 10.8. The second-order valence-corrected chi connectivity index (χ2v) is 4.05. The van der Waals surface area contributed by atoms with Crippen LogP contribution in [0.25, 0.3) is 6.08 Å². The number of para-hydroxylation sites is 2. The molecule has 3 nitrogen and oxygen atoms in total. The first-order chi connectivity index (χ1) is 9.22. The zero-order valence-electron chi connectivity index (χ0n) is 10.8. The van der Waals surface area contributed by atoms with Crippen LogP contribution in [0.5, 0.6) is 0 Å². The molecule has 2 amide bonds. The summed E-state index contributed by atoms with van der Waals surface area (Å²) < 4.78 is 0. The molecule has 95 valence electrons. The van der Waals surface area contributed by atoms with Crippen LogP contribution in [0.1, 0.15) is 5.56 Å². The van der Waals surface area contributed by atoms with Gasteiger partial charge in [0.15, 0.2) is 0 Å². The van der Waals surface area contributed by atoms with Crippen molar-refractivity contribution in [2.24, 2.45) is 0 Å². The number of nitrogens with zero attached hydrogens (tertiary/aromatic N) is 2. The first-order valence-corrected chi connectivity index (χ1v) is 5.98. The SMILES string of the molecule is C=Cc1ccccc1N(C)C(=O)[N]c1ccccc1. The lowest BCUT2D eigenvalue weighted by Crippen LogP contribution is -2.31. The molecule has 0 saturated carbocycles. The fourth-order valence-electron chi connectivity index (χ4n) is 1.76. The molecule has 0 atom stereocenters. The molecule has 0 heterocycles. The topological polar surface area (TPSA) is 34.4 Å². The molecule has 2 aromatic rings. The molecular formula is C16H15N2O. The predicted octanol–water partition coefficient (Wildman–Crippen LogP) is 3.82. The van der Waals surface area contributed by atoms with Crippen LogP contribution < -0.4 is 10.2 Å². The van der Waals surface area contributed by atoms with Crippen LogP contribution in [0.15, 0.2) is 61.2 Å². The van der Waals surface area contributed by atoms with Crippen molar-refractivity contribution in [1.82, 2.24) is 5.32 Å². The summed E-state index contributed by atoms with van der Waals surface area (Å²) in [6, 6.07) is 16.5. The third kappa shape index (κ3) is 3.01. The fourth-order valence-corrected chi connectivity index (χ4v) is 1.76. The van der Waals surface area contributed by atoms with Crippen LogP contribution in [0.4, 0.5) is 16.2 Å². The van der Waals surface area contributed by atoms with Gasteiger partial charge in [-0.15, -0.1) is 0 Å². The molecule has 0 bridgehead atoms. The lowest BCUT2D eigenvalue weighted by molar-refractivity contribution is 0.250. The molecular weight excluding hydrogens is 236 g/mol. The molecule has 2 aromatic carbocycles. The number of rotatable bonds is 3. The van der Waals surface area contributed by atoms with E-state index in [1.807, 2.05) is 42.5 Å². The van der Waals surface area contributed by atoms with Crippen molar-refractivity contribution >= 4 is 23.5 Å². The number of hydrogen-bond donors (Lipinski definition) is 0. The highest BCUT2D eigenvalue weighted by Gasteiger charge is 2.14. The van der Waals surface area contributed by atoms with E-state index in [0.717, 1.165) is 11.3 Å². The lowest BCUT2D eigenvalue weighted by atomic mass is 10.1. The Morgan fingerprint density at radius 2 is 1.74 bits per heavy atom. The number of benzene rings is 2. The summed E-state index contributed by atoms with van der Waals surface area (Å²) in [4.78, 5) is 13.6. The van der Waals surface area contributed by atoms with Crippen molar-refractivity contribution in [3.05, 3.63) is 66.7 Å². The van der Waals surface area contributed by atoms with Gasteiger partial charge in [-0.3, -0.25) is 4.90 Å². The van der Waals surface area contributed by atoms with Crippen molar-refractivity contribution in [1.29, 1.82) is 0 Å². The molecule has 0 saturated heterocycles. The van der Waals surface area contributed by atoms with E-state index in [4.69, 9.17) is 0 Å². The van der Waals surface area contributed by atoms with Gasteiger partial charge in [-0.05, 0) is 23.8 Å². The van der Waals surface area contributed by atoms with Crippen molar-refractivity contribution in [2.75, 3.05) is 11.9 Å². The van der Waals surface area contributed by atoms with Crippen molar-refractivity contribution in [3.63, 3.8) is 0 Å². The van der Waals surface area contributed by atoms with E-state index < -0.39 is 0 Å². The molecule has 3 heteroatoms. The summed E-state index contributed by atoms with van der Waals surface area (Å²) in [5, 5.41) is 4.06. The van der Waals surface area contributed by atoms with E-state index >= 15 is 0 Å². The Labute approximate surface area is 113 Å². The zero-order chi connectivity index (χ0) is 13.7. The summed E-state index contributed by atoms with van der Waals surface area (Å²) in [6.07, 6.45) is 1.72. The van der Waals surface area contributed by atoms with Gasteiger partial charge in [-0.2, -0.15) is 5.32 Å². The first kappa shape index (κ1) is 12.9. The minimum absolute atomic E-state index is 0.305. The number of urea groups is 1. The average Bonchev–Trinajstić information content (AvgIpc) is 2.47. The van der Waals surface area contributed by atoms with Gasteiger partial charge in [-0.1, -0.05) is 49.1 Å². The third-order valence-electron chi connectivity index (χ3n) is 2.79. The van der Waals surface area contributed by atoms with Crippen molar-refractivity contribution in [3.8, 4) is 0 Å². The number of carbonyl (C=O) groups is 1. The van der Waals surface area contributed by atoms with Gasteiger partial charge in [-0.25, -0.2) is 4.79 Å². The van der Waals surface area contributed by atoms with E-state index in [2.05, 4.69) is 11.9 Å². The molecule has 0 unspecified atom stereocenters. The van der Waals surface area contributed by atoms with E-state index in [9.17, 15) is 4.79 Å². The highest BCUT2D eigenvalue weighted by atomic mass is 16.2. The molecule has 0 N–H and O–H groups in total. The smallest absolute Gasteiger partial charge is 0.295 e. The van der Waals surface area contributed by atoms with E-state index in [-0.39, 0.29) is 6.03 Å². The molecule has 0 aliphatic rings. The summed E-state index contributed by atoms with van der Waals surface area (Å²) in [5.74, 6) is 0. The van der Waals surface area contributed by atoms with E-state index in [1.165, 1.54) is 4.90 Å². The van der Waals surface area contributed by atoms with Crippen LogP contribution in [-0.4, -0.2) is 13.1 Å². The summed E-state index contributed by atoms with van der Waals surface area (Å²) in [5.41, 5.74) is 2.35. The number of carbonyl (C=O) groups excluding carboxylic acids is 1. The van der Waals surface area contributed by atoms with Gasteiger partial charge in [0.05, 0.1) is 11.4 Å². The van der Waals surface area contributed by atoms with E-state index in [1.54, 1.807) is 25.3 Å². The highest BCUT2D eigenvalue weighted by Crippen LogP contribution is 2.21. The highest BCUT2D eigenvalue weighted by molar-refractivity contribution is 5.95. The normalized spacial score (nSPS) is 9.74. The van der Waals surface area contributed by atoms with Gasteiger partial charge in [0.1, 0.15) is 0 Å². The maximum atomic E-state index is 12.1. The Morgan fingerprint density at radius 1 is 1.11 bits per heavy atom. The number of hydrogen-bond acceptors (Lipinski definition) is 1. The summed E-state index contributed by atoms with van der Waals surface area (Å²) >= 11 is 0. The monoisotopic (exact) mass is 251 g/mol. The molecule has 0 aromatic heterocycles. The minimum Gasteiger partial charge on any atom is -0.295 e. The predicted molar refractivity (Wildman–Crippen MR) is 78.6 cm³/mol. The number of anilines is 1. The van der Waals surface area contributed by atoms with Crippen molar-refractivity contribution < 1.29 is 4.79 Å². The van der Waals surface area contributed by atoms with Gasteiger partial charge >= 0.3 is 6.03 Å². The van der Waals surface area contributed by atoms with Crippen LogP contribution in [-0.2, 0) is 0 Å². The molecule has 19 heavy (non-hydrogen) atoms. The van der Waals surface area contributed by atoms with Gasteiger partial charge in [0, 0.05) is 7.05 Å². The Kier molecular flexibility index (Phi) is 3.98. The lowest BCUT2D eigenvalue weighted by Gasteiger charge is -2.18. The Bertz CT molecular complexity index is 578. The van der Waals surface area contributed by atoms with E-state index in [0.29, 0.717) is 5.69 Å². The Balaban J connectivity index is 2.17. The second-order valence-electron chi connectivity index (χ2n) is 4.05. The van der Waals surface area contributed by atoms with Crippen LogP contribution in [0, 0.1) is 0 Å². The average molecular weight is 251 g/mol. The first-order valence-electron chi connectivity index (χ1n) is 5.98. The molecule has 0 spiro atoms. The van der Waals surface area contributed by atoms with Gasteiger partial charge < -0.3 is 0 Å². The molecule has 0 aliphatic carbocycles. The van der Waals surface area contributed by atoms with Crippen molar-refractivity contribution in [2.45, 2.75) is 0 Å². The Hall–Kier alpha value is -2.55. The van der Waals surface area contributed by atoms with Crippen LogP contribution in [0.3, 0.4) is 0 Å². The van der Waals surface area contributed by atoms with Gasteiger partial charge in [0.25, 0.3) is 0 Å². The third-order valence-corrected chi connectivity index (χ3v) is 2.79. The molecule has 1 radical (unpaired) electrons. The molecule has 0 aliphatic heterocycles. The molecule has 2 rings (SSSR count). The minimum atomic E-state index is -0.305. The fraction of sp³-hybridized carbons (Fsp3) is 0.0625. The maximum Gasteiger partial charge on any atom is 0.348 e. The largest absolute Gasteiger partial charge is 0.348 e. The summed E-state index contributed by atoms with van der Waals surface area (Å²) in [6.45, 7) is 3.75. The maximum absolute atomic E-state index is 12.1. The summed E-state index contributed by atoms with van der Waals surface area (Å²) in [7, 11) is 1.71. The Morgan fingerprint density at radius 3 is 2.42 bits per heavy atom. The number of amides is 2. The molecule has 0 fully saturated rings.